The molecule has 2 aromatic rings. The standard InChI is InChI=1S/C12H9BrClNS/c13-8-1-4-10(5-2-8)16-12-6-3-9(15)7-11(12)14/h1-7H,15H2. The van der Waals surface area contributed by atoms with Crippen LogP contribution in [0, 0.1) is 0 Å². The van der Waals surface area contributed by atoms with Crippen LogP contribution < -0.4 is 5.73 Å². The molecular formula is C12H9BrClNS. The van der Waals surface area contributed by atoms with E-state index in [0.29, 0.717) is 10.7 Å². The van der Waals surface area contributed by atoms with Crippen LogP contribution in [0.5, 0.6) is 0 Å². The molecule has 0 saturated heterocycles. The SMILES string of the molecule is Nc1ccc(Sc2ccc(Br)cc2)c(Cl)c1. The van der Waals surface area contributed by atoms with Crippen LogP contribution in [-0.4, -0.2) is 0 Å². The van der Waals surface area contributed by atoms with Gasteiger partial charge in [-0.2, -0.15) is 0 Å². The van der Waals surface area contributed by atoms with E-state index in [0.717, 1.165) is 14.3 Å². The van der Waals surface area contributed by atoms with E-state index in [1.807, 2.05) is 36.4 Å². The fraction of sp³-hybridized carbons (Fsp3) is 0. The summed E-state index contributed by atoms with van der Waals surface area (Å²) in [6.07, 6.45) is 0. The van der Waals surface area contributed by atoms with Gasteiger partial charge in [-0.15, -0.1) is 0 Å². The highest BCUT2D eigenvalue weighted by Crippen LogP contribution is 2.34. The van der Waals surface area contributed by atoms with Gasteiger partial charge in [-0.05, 0) is 42.5 Å². The number of rotatable bonds is 2. The summed E-state index contributed by atoms with van der Waals surface area (Å²) in [6, 6.07) is 13.7. The Labute approximate surface area is 112 Å². The lowest BCUT2D eigenvalue weighted by Crippen LogP contribution is -1.84. The number of anilines is 1. The first-order valence-corrected chi connectivity index (χ1v) is 6.62. The molecule has 0 aromatic heterocycles. The Balaban J connectivity index is 2.23. The Morgan fingerprint density at radius 2 is 1.75 bits per heavy atom. The number of benzene rings is 2. The molecular weight excluding hydrogens is 306 g/mol. The molecule has 2 aromatic carbocycles. The second kappa shape index (κ2) is 5.13. The smallest absolute Gasteiger partial charge is 0.0565 e. The Kier molecular flexibility index (Phi) is 3.79. The number of nitrogen functional groups attached to an aromatic ring is 1. The van der Waals surface area contributed by atoms with Gasteiger partial charge in [-0.1, -0.05) is 39.3 Å². The number of nitrogens with two attached hydrogens (primary N) is 1. The molecule has 2 N–H and O–H groups in total. The molecule has 0 unspecified atom stereocenters. The summed E-state index contributed by atoms with van der Waals surface area (Å²) < 4.78 is 1.07. The monoisotopic (exact) mass is 313 g/mol. The average Bonchev–Trinajstić information content (AvgIpc) is 2.25. The average molecular weight is 315 g/mol. The first kappa shape index (κ1) is 11.8. The van der Waals surface area contributed by atoms with E-state index in [1.165, 1.54) is 0 Å². The van der Waals surface area contributed by atoms with Gasteiger partial charge in [0.1, 0.15) is 0 Å². The van der Waals surface area contributed by atoms with Crippen molar-refractivity contribution in [2.45, 2.75) is 9.79 Å². The van der Waals surface area contributed by atoms with Crippen molar-refractivity contribution in [3.8, 4) is 0 Å². The molecule has 0 aliphatic heterocycles. The van der Waals surface area contributed by atoms with Crippen molar-refractivity contribution in [3.05, 3.63) is 52.0 Å². The first-order chi connectivity index (χ1) is 7.65. The van der Waals surface area contributed by atoms with Gasteiger partial charge in [0.15, 0.2) is 0 Å². The van der Waals surface area contributed by atoms with Crippen LogP contribution >= 0.6 is 39.3 Å². The zero-order valence-corrected chi connectivity index (χ0v) is 11.4. The molecule has 0 saturated carbocycles. The highest BCUT2D eigenvalue weighted by Gasteiger charge is 2.03. The molecule has 0 radical (unpaired) electrons. The van der Waals surface area contributed by atoms with Gasteiger partial charge in [0, 0.05) is 20.0 Å². The van der Waals surface area contributed by atoms with Crippen LogP contribution in [0.15, 0.2) is 56.7 Å². The summed E-state index contributed by atoms with van der Waals surface area (Å²) >= 11 is 11.1. The summed E-state index contributed by atoms with van der Waals surface area (Å²) in [5.41, 5.74) is 6.33. The zero-order chi connectivity index (χ0) is 11.5. The minimum atomic E-state index is 0.685. The number of hydrogen-bond acceptors (Lipinski definition) is 2. The first-order valence-electron chi connectivity index (χ1n) is 4.63. The molecule has 0 heterocycles. The maximum Gasteiger partial charge on any atom is 0.0565 e. The van der Waals surface area contributed by atoms with E-state index in [4.69, 9.17) is 17.3 Å². The second-order valence-corrected chi connectivity index (χ2v) is 5.68. The van der Waals surface area contributed by atoms with E-state index in [-0.39, 0.29) is 0 Å². The molecule has 0 atom stereocenters. The van der Waals surface area contributed by atoms with Crippen LogP contribution in [0.25, 0.3) is 0 Å². The Morgan fingerprint density at radius 3 is 2.38 bits per heavy atom. The molecule has 0 amide bonds. The van der Waals surface area contributed by atoms with E-state index >= 15 is 0 Å². The second-order valence-electron chi connectivity index (χ2n) is 3.25. The van der Waals surface area contributed by atoms with Crippen molar-refractivity contribution in [2.24, 2.45) is 0 Å². The highest BCUT2D eigenvalue weighted by atomic mass is 79.9. The van der Waals surface area contributed by atoms with Crippen LogP contribution in [0.2, 0.25) is 5.02 Å². The van der Waals surface area contributed by atoms with E-state index in [9.17, 15) is 0 Å². The van der Waals surface area contributed by atoms with Crippen molar-refractivity contribution in [1.29, 1.82) is 0 Å². The quantitative estimate of drug-likeness (QED) is 0.803. The molecule has 0 bridgehead atoms. The van der Waals surface area contributed by atoms with Gasteiger partial charge in [0.2, 0.25) is 0 Å². The molecule has 16 heavy (non-hydrogen) atoms. The third kappa shape index (κ3) is 2.94. The van der Waals surface area contributed by atoms with Crippen molar-refractivity contribution in [3.63, 3.8) is 0 Å². The fourth-order valence-corrected chi connectivity index (χ4v) is 2.62. The summed E-state index contributed by atoms with van der Waals surface area (Å²) in [5.74, 6) is 0. The predicted octanol–water partition coefficient (Wildman–Crippen LogP) is 4.84. The van der Waals surface area contributed by atoms with E-state index in [1.54, 1.807) is 17.8 Å². The molecule has 4 heteroatoms. The van der Waals surface area contributed by atoms with E-state index in [2.05, 4.69) is 15.9 Å². The predicted molar refractivity (Wildman–Crippen MR) is 74.1 cm³/mol. The van der Waals surface area contributed by atoms with Crippen LogP contribution in [0.3, 0.4) is 0 Å². The van der Waals surface area contributed by atoms with Crippen LogP contribution in [0.4, 0.5) is 5.69 Å². The van der Waals surface area contributed by atoms with Gasteiger partial charge in [-0.3, -0.25) is 0 Å². The van der Waals surface area contributed by atoms with Crippen molar-refractivity contribution in [1.82, 2.24) is 0 Å². The zero-order valence-electron chi connectivity index (χ0n) is 8.28. The summed E-state index contributed by atoms with van der Waals surface area (Å²) in [6.45, 7) is 0. The normalized spacial score (nSPS) is 10.4. The fourth-order valence-electron chi connectivity index (χ4n) is 1.23. The maximum absolute atomic E-state index is 6.10. The molecule has 0 aliphatic carbocycles. The van der Waals surface area contributed by atoms with Crippen molar-refractivity contribution in [2.75, 3.05) is 5.73 Å². The molecule has 0 fully saturated rings. The number of halogens is 2. The van der Waals surface area contributed by atoms with Crippen LogP contribution in [-0.2, 0) is 0 Å². The third-order valence-corrected chi connectivity index (χ3v) is 4.03. The van der Waals surface area contributed by atoms with E-state index < -0.39 is 0 Å². The summed E-state index contributed by atoms with van der Waals surface area (Å²) in [7, 11) is 0. The topological polar surface area (TPSA) is 26.0 Å². The molecule has 0 spiro atoms. The molecule has 1 nitrogen and oxygen atoms in total. The molecule has 82 valence electrons. The van der Waals surface area contributed by atoms with Gasteiger partial charge < -0.3 is 5.73 Å². The lowest BCUT2D eigenvalue weighted by atomic mass is 10.3. The van der Waals surface area contributed by atoms with Gasteiger partial charge in [0.25, 0.3) is 0 Å². The lowest BCUT2D eigenvalue weighted by Gasteiger charge is -2.05. The number of hydrogen-bond donors (Lipinski definition) is 1. The Bertz CT molecular complexity index is 499. The maximum atomic E-state index is 6.10. The minimum absolute atomic E-state index is 0.685. The highest BCUT2D eigenvalue weighted by molar-refractivity contribution is 9.10. The van der Waals surface area contributed by atoms with Gasteiger partial charge in [0.05, 0.1) is 5.02 Å². The minimum Gasteiger partial charge on any atom is -0.399 e. The van der Waals surface area contributed by atoms with Gasteiger partial charge >= 0.3 is 0 Å². The van der Waals surface area contributed by atoms with Crippen molar-refractivity contribution < 1.29 is 0 Å². The van der Waals surface area contributed by atoms with Crippen molar-refractivity contribution >= 4 is 45.0 Å². The Morgan fingerprint density at radius 1 is 1.06 bits per heavy atom. The molecule has 2 rings (SSSR count). The third-order valence-electron chi connectivity index (χ3n) is 2.00. The summed E-state index contributed by atoms with van der Waals surface area (Å²) in [5, 5.41) is 0.688. The summed E-state index contributed by atoms with van der Waals surface area (Å²) in [4.78, 5) is 2.16. The lowest BCUT2D eigenvalue weighted by molar-refractivity contribution is 1.40. The Hall–Kier alpha value is -0.640. The van der Waals surface area contributed by atoms with Crippen LogP contribution in [0.1, 0.15) is 0 Å². The largest absolute Gasteiger partial charge is 0.399 e. The molecule has 0 aliphatic rings. The van der Waals surface area contributed by atoms with Gasteiger partial charge in [-0.25, -0.2) is 0 Å².